The Morgan fingerprint density at radius 3 is 2.70 bits per heavy atom. The highest BCUT2D eigenvalue weighted by atomic mass is 35.5. The van der Waals surface area contributed by atoms with Gasteiger partial charge in [0.2, 0.25) is 0 Å². The van der Waals surface area contributed by atoms with Crippen LogP contribution in [0, 0.1) is 0 Å². The van der Waals surface area contributed by atoms with Crippen molar-refractivity contribution in [3.8, 4) is 0 Å². The number of hydrogen-bond donors (Lipinski definition) is 1. The average Bonchev–Trinajstić information content (AvgIpc) is 2.33. The predicted octanol–water partition coefficient (Wildman–Crippen LogP) is 1.39. The molecule has 0 fully saturated rings. The van der Waals surface area contributed by atoms with Crippen molar-refractivity contribution >= 4 is 27.4 Å². The molecular formula is C13H20ClN3O2S. The molecule has 5 nitrogen and oxygen atoms in total. The van der Waals surface area contributed by atoms with Crippen molar-refractivity contribution in [2.75, 3.05) is 32.6 Å². The van der Waals surface area contributed by atoms with Crippen molar-refractivity contribution in [3.05, 3.63) is 34.9 Å². The number of rotatable bonds is 5. The van der Waals surface area contributed by atoms with E-state index in [4.69, 9.17) is 11.6 Å². The van der Waals surface area contributed by atoms with Crippen LogP contribution in [0.1, 0.15) is 5.56 Å². The monoisotopic (exact) mass is 317 g/mol. The van der Waals surface area contributed by atoms with Crippen LogP contribution in [-0.4, -0.2) is 51.9 Å². The molecule has 0 aliphatic rings. The maximum atomic E-state index is 11.1. The normalized spacial score (nSPS) is 12.3. The predicted molar refractivity (Wildman–Crippen MR) is 84.0 cm³/mol. The van der Waals surface area contributed by atoms with E-state index in [1.54, 1.807) is 7.05 Å². The van der Waals surface area contributed by atoms with E-state index in [0.29, 0.717) is 24.1 Å². The van der Waals surface area contributed by atoms with E-state index in [9.17, 15) is 8.42 Å². The summed E-state index contributed by atoms with van der Waals surface area (Å²) in [6, 6.07) is 7.59. The lowest BCUT2D eigenvalue weighted by Crippen LogP contribution is -2.40. The van der Waals surface area contributed by atoms with Gasteiger partial charge in [0.15, 0.2) is 5.96 Å². The van der Waals surface area contributed by atoms with Gasteiger partial charge in [0.05, 0.1) is 5.75 Å². The minimum atomic E-state index is -2.97. The topological polar surface area (TPSA) is 61.8 Å². The molecule has 1 aromatic carbocycles. The molecule has 20 heavy (non-hydrogen) atoms. The van der Waals surface area contributed by atoms with Gasteiger partial charge in [-0.3, -0.25) is 4.99 Å². The average molecular weight is 318 g/mol. The highest BCUT2D eigenvalue weighted by Gasteiger charge is 2.08. The van der Waals surface area contributed by atoms with Gasteiger partial charge in [-0.15, -0.1) is 0 Å². The number of benzene rings is 1. The van der Waals surface area contributed by atoms with E-state index in [-0.39, 0.29) is 5.75 Å². The van der Waals surface area contributed by atoms with Gasteiger partial charge in [0, 0.05) is 38.5 Å². The van der Waals surface area contributed by atoms with Crippen LogP contribution in [0.3, 0.4) is 0 Å². The zero-order valence-corrected chi connectivity index (χ0v) is 13.5. The van der Waals surface area contributed by atoms with E-state index >= 15 is 0 Å². The number of nitrogens with zero attached hydrogens (tertiary/aromatic N) is 2. The molecule has 0 unspecified atom stereocenters. The van der Waals surface area contributed by atoms with Crippen molar-refractivity contribution in [1.29, 1.82) is 0 Å². The zero-order valence-electron chi connectivity index (χ0n) is 11.9. The standard InChI is InChI=1S/C13H20ClN3O2S/c1-15-13(16-7-8-20(3,18)19)17(2)10-11-5-4-6-12(14)9-11/h4-6,9H,7-8,10H2,1-3H3,(H,15,16). The Kier molecular flexibility index (Phi) is 6.29. The van der Waals surface area contributed by atoms with Crippen molar-refractivity contribution in [3.63, 3.8) is 0 Å². The van der Waals surface area contributed by atoms with Gasteiger partial charge in [-0.1, -0.05) is 23.7 Å². The molecule has 0 aliphatic heterocycles. The summed E-state index contributed by atoms with van der Waals surface area (Å²) in [6.45, 7) is 0.977. The molecule has 0 radical (unpaired) electrons. The fourth-order valence-corrected chi connectivity index (χ4v) is 2.40. The minimum Gasteiger partial charge on any atom is -0.355 e. The lowest BCUT2D eigenvalue weighted by Gasteiger charge is -2.22. The summed E-state index contributed by atoms with van der Waals surface area (Å²) in [4.78, 5) is 6.04. The molecule has 0 aromatic heterocycles. The summed E-state index contributed by atoms with van der Waals surface area (Å²) < 4.78 is 22.2. The summed E-state index contributed by atoms with van der Waals surface area (Å²) in [6.07, 6.45) is 1.22. The molecule has 1 rings (SSSR count). The Morgan fingerprint density at radius 2 is 2.15 bits per heavy atom. The first kappa shape index (κ1) is 16.8. The number of halogens is 1. The van der Waals surface area contributed by atoms with Crippen molar-refractivity contribution in [2.24, 2.45) is 4.99 Å². The van der Waals surface area contributed by atoms with Crippen LogP contribution in [0.4, 0.5) is 0 Å². The molecule has 0 saturated carbocycles. The largest absolute Gasteiger partial charge is 0.355 e. The lowest BCUT2D eigenvalue weighted by molar-refractivity contribution is 0.479. The Balaban J connectivity index is 2.57. The number of nitrogens with one attached hydrogen (secondary N) is 1. The van der Waals surface area contributed by atoms with E-state index in [1.165, 1.54) is 6.26 Å². The molecule has 0 saturated heterocycles. The van der Waals surface area contributed by atoms with E-state index in [1.807, 2.05) is 36.2 Å². The van der Waals surface area contributed by atoms with Gasteiger partial charge in [-0.2, -0.15) is 0 Å². The number of hydrogen-bond acceptors (Lipinski definition) is 3. The molecule has 0 aliphatic carbocycles. The van der Waals surface area contributed by atoms with Gasteiger partial charge in [0.25, 0.3) is 0 Å². The Bertz CT molecular complexity index is 573. The van der Waals surface area contributed by atoms with Crippen LogP contribution in [0.25, 0.3) is 0 Å². The van der Waals surface area contributed by atoms with Crippen molar-refractivity contribution in [1.82, 2.24) is 10.2 Å². The van der Waals surface area contributed by atoms with Gasteiger partial charge in [-0.05, 0) is 17.7 Å². The van der Waals surface area contributed by atoms with Gasteiger partial charge >= 0.3 is 0 Å². The van der Waals surface area contributed by atoms with Gasteiger partial charge < -0.3 is 10.2 Å². The third-order valence-corrected chi connectivity index (χ3v) is 3.82. The zero-order chi connectivity index (χ0) is 15.2. The SMILES string of the molecule is CN=C(NCCS(C)(=O)=O)N(C)Cc1cccc(Cl)c1. The Hall–Kier alpha value is -1.27. The van der Waals surface area contributed by atoms with E-state index in [0.717, 1.165) is 5.56 Å². The molecule has 0 atom stereocenters. The van der Waals surface area contributed by atoms with Crippen LogP contribution < -0.4 is 5.32 Å². The molecule has 1 aromatic rings. The smallest absolute Gasteiger partial charge is 0.193 e. The fourth-order valence-electron chi connectivity index (χ4n) is 1.72. The highest BCUT2D eigenvalue weighted by Crippen LogP contribution is 2.12. The van der Waals surface area contributed by atoms with Crippen molar-refractivity contribution in [2.45, 2.75) is 6.54 Å². The molecule has 0 heterocycles. The Labute approximate surface area is 125 Å². The molecular weight excluding hydrogens is 298 g/mol. The van der Waals surface area contributed by atoms with Crippen LogP contribution in [0.15, 0.2) is 29.3 Å². The second kappa shape index (κ2) is 7.50. The van der Waals surface area contributed by atoms with E-state index in [2.05, 4.69) is 10.3 Å². The third kappa shape index (κ3) is 6.25. The van der Waals surface area contributed by atoms with E-state index < -0.39 is 9.84 Å². The first-order chi connectivity index (χ1) is 9.31. The Morgan fingerprint density at radius 1 is 1.45 bits per heavy atom. The quantitative estimate of drug-likeness (QED) is 0.658. The summed E-state index contributed by atoms with van der Waals surface area (Å²) in [5, 5.41) is 3.72. The number of sulfone groups is 1. The summed E-state index contributed by atoms with van der Waals surface area (Å²) in [7, 11) is 0.578. The highest BCUT2D eigenvalue weighted by molar-refractivity contribution is 7.90. The maximum absolute atomic E-state index is 11.1. The first-order valence-corrected chi connectivity index (χ1v) is 8.59. The lowest BCUT2D eigenvalue weighted by atomic mass is 10.2. The maximum Gasteiger partial charge on any atom is 0.193 e. The molecule has 0 spiro atoms. The second-order valence-electron chi connectivity index (χ2n) is 4.59. The van der Waals surface area contributed by atoms with Gasteiger partial charge in [-0.25, -0.2) is 8.42 Å². The number of aliphatic imine (C=N–C) groups is 1. The molecule has 1 N–H and O–H groups in total. The molecule has 0 amide bonds. The minimum absolute atomic E-state index is 0.0804. The molecule has 0 bridgehead atoms. The third-order valence-electron chi connectivity index (χ3n) is 2.64. The summed E-state index contributed by atoms with van der Waals surface area (Å²) in [5.74, 6) is 0.727. The summed E-state index contributed by atoms with van der Waals surface area (Å²) >= 11 is 5.94. The van der Waals surface area contributed by atoms with Crippen LogP contribution in [-0.2, 0) is 16.4 Å². The first-order valence-electron chi connectivity index (χ1n) is 6.16. The van der Waals surface area contributed by atoms with Gasteiger partial charge in [0.1, 0.15) is 9.84 Å². The van der Waals surface area contributed by atoms with Crippen molar-refractivity contribution < 1.29 is 8.42 Å². The molecule has 112 valence electrons. The van der Waals surface area contributed by atoms with Crippen LogP contribution in [0.2, 0.25) is 5.02 Å². The number of guanidine groups is 1. The van der Waals surface area contributed by atoms with Crippen LogP contribution >= 0.6 is 11.6 Å². The summed E-state index contributed by atoms with van der Waals surface area (Å²) in [5.41, 5.74) is 1.06. The van der Waals surface area contributed by atoms with Crippen LogP contribution in [0.5, 0.6) is 0 Å². The molecule has 7 heteroatoms. The fraction of sp³-hybridized carbons (Fsp3) is 0.462. The second-order valence-corrected chi connectivity index (χ2v) is 7.29.